The monoisotopic (exact) mass is 250 g/mol. The van der Waals surface area contributed by atoms with Gasteiger partial charge in [-0.25, -0.2) is 4.98 Å². The molecule has 0 radical (unpaired) electrons. The van der Waals surface area contributed by atoms with Crippen molar-refractivity contribution >= 4 is 5.91 Å². The van der Waals surface area contributed by atoms with Gasteiger partial charge in [-0.2, -0.15) is 0 Å². The SMILES string of the molecule is CC(C)CN1C(=O)CCC(N)C1c1cncn1C. The standard InChI is InChI=1S/C13H22N4O/c1-9(2)7-17-12(18)5-4-10(14)13(17)11-6-15-8-16(11)3/h6,8-10,13H,4-5,7,14H2,1-3H3. The number of aryl methyl sites for hydroxylation is 1. The Morgan fingerprint density at radius 2 is 2.28 bits per heavy atom. The lowest BCUT2D eigenvalue weighted by atomic mass is 9.93. The number of nitrogens with zero attached hydrogens (tertiary/aromatic N) is 3. The van der Waals surface area contributed by atoms with Crippen LogP contribution in [0.15, 0.2) is 12.5 Å². The molecule has 2 N–H and O–H groups in total. The summed E-state index contributed by atoms with van der Waals surface area (Å²) >= 11 is 0. The van der Waals surface area contributed by atoms with Crippen LogP contribution < -0.4 is 5.73 Å². The first-order valence-electron chi connectivity index (χ1n) is 6.52. The quantitative estimate of drug-likeness (QED) is 0.872. The van der Waals surface area contributed by atoms with Gasteiger partial charge in [-0.1, -0.05) is 13.8 Å². The molecule has 1 aliphatic rings. The second kappa shape index (κ2) is 5.10. The van der Waals surface area contributed by atoms with E-state index in [-0.39, 0.29) is 18.0 Å². The summed E-state index contributed by atoms with van der Waals surface area (Å²) in [4.78, 5) is 18.2. The third kappa shape index (κ3) is 2.41. The molecule has 1 aliphatic heterocycles. The molecule has 2 rings (SSSR count). The molecule has 0 aromatic carbocycles. The zero-order valence-electron chi connectivity index (χ0n) is 11.3. The summed E-state index contributed by atoms with van der Waals surface area (Å²) in [5, 5.41) is 0. The molecule has 1 fully saturated rings. The zero-order chi connectivity index (χ0) is 13.3. The van der Waals surface area contributed by atoms with Crippen molar-refractivity contribution in [2.24, 2.45) is 18.7 Å². The Kier molecular flexibility index (Phi) is 3.71. The summed E-state index contributed by atoms with van der Waals surface area (Å²) in [6.07, 6.45) is 4.89. The molecule has 2 atom stereocenters. The summed E-state index contributed by atoms with van der Waals surface area (Å²) in [7, 11) is 1.95. The third-order valence-corrected chi connectivity index (χ3v) is 3.47. The minimum atomic E-state index is -0.0406. The van der Waals surface area contributed by atoms with E-state index in [9.17, 15) is 4.79 Å². The van der Waals surface area contributed by atoms with Crippen LogP contribution in [0, 0.1) is 5.92 Å². The molecular weight excluding hydrogens is 228 g/mol. The number of rotatable bonds is 3. The number of hydrogen-bond acceptors (Lipinski definition) is 3. The van der Waals surface area contributed by atoms with Gasteiger partial charge in [-0.15, -0.1) is 0 Å². The van der Waals surface area contributed by atoms with Gasteiger partial charge in [0.15, 0.2) is 0 Å². The first kappa shape index (κ1) is 13.1. The number of carbonyl (C=O) groups is 1. The number of amides is 1. The van der Waals surface area contributed by atoms with Crippen LogP contribution in [0.5, 0.6) is 0 Å². The van der Waals surface area contributed by atoms with Gasteiger partial charge in [0.25, 0.3) is 0 Å². The summed E-state index contributed by atoms with van der Waals surface area (Å²) in [5.74, 6) is 0.645. The van der Waals surface area contributed by atoms with Gasteiger partial charge < -0.3 is 15.2 Å². The maximum Gasteiger partial charge on any atom is 0.223 e. The Hall–Kier alpha value is -1.36. The first-order chi connectivity index (χ1) is 8.50. The van der Waals surface area contributed by atoms with Crippen molar-refractivity contribution in [1.29, 1.82) is 0 Å². The molecule has 0 saturated carbocycles. The van der Waals surface area contributed by atoms with Crippen LogP contribution >= 0.6 is 0 Å². The van der Waals surface area contributed by atoms with Crippen molar-refractivity contribution < 1.29 is 4.79 Å². The predicted molar refractivity (Wildman–Crippen MR) is 69.7 cm³/mol. The van der Waals surface area contributed by atoms with E-state index in [0.29, 0.717) is 12.3 Å². The van der Waals surface area contributed by atoms with Crippen LogP contribution in [-0.2, 0) is 11.8 Å². The minimum Gasteiger partial charge on any atom is -0.336 e. The largest absolute Gasteiger partial charge is 0.336 e. The van der Waals surface area contributed by atoms with E-state index in [0.717, 1.165) is 18.7 Å². The van der Waals surface area contributed by atoms with Crippen LogP contribution in [0.2, 0.25) is 0 Å². The fourth-order valence-corrected chi connectivity index (χ4v) is 2.62. The Morgan fingerprint density at radius 1 is 1.56 bits per heavy atom. The molecule has 1 saturated heterocycles. The number of piperidine rings is 1. The molecule has 0 aliphatic carbocycles. The van der Waals surface area contributed by atoms with Crippen molar-refractivity contribution in [2.75, 3.05) is 6.54 Å². The highest BCUT2D eigenvalue weighted by atomic mass is 16.2. The topological polar surface area (TPSA) is 64.2 Å². The number of aromatic nitrogens is 2. The highest BCUT2D eigenvalue weighted by Gasteiger charge is 2.36. The average Bonchev–Trinajstić information content (AvgIpc) is 2.70. The molecule has 1 amide bonds. The molecule has 100 valence electrons. The maximum atomic E-state index is 12.1. The van der Waals surface area contributed by atoms with Crippen LogP contribution in [-0.4, -0.2) is 32.9 Å². The van der Waals surface area contributed by atoms with Gasteiger partial charge in [0.1, 0.15) is 0 Å². The van der Waals surface area contributed by atoms with E-state index >= 15 is 0 Å². The molecular formula is C13H22N4O. The smallest absolute Gasteiger partial charge is 0.223 e. The van der Waals surface area contributed by atoms with E-state index in [1.165, 1.54) is 0 Å². The van der Waals surface area contributed by atoms with Crippen LogP contribution in [0.4, 0.5) is 0 Å². The second-order valence-electron chi connectivity index (χ2n) is 5.52. The Balaban J connectivity index is 2.32. The average molecular weight is 250 g/mol. The molecule has 0 bridgehead atoms. The van der Waals surface area contributed by atoms with Crippen LogP contribution in [0.25, 0.3) is 0 Å². The lowest BCUT2D eigenvalue weighted by Crippen LogP contribution is -2.50. The fraction of sp³-hybridized carbons (Fsp3) is 0.692. The molecule has 1 aromatic rings. The minimum absolute atomic E-state index is 0.00292. The first-order valence-corrected chi connectivity index (χ1v) is 6.52. The molecule has 1 aromatic heterocycles. The lowest BCUT2D eigenvalue weighted by molar-refractivity contribution is -0.138. The van der Waals surface area contributed by atoms with Crippen molar-refractivity contribution in [3.05, 3.63) is 18.2 Å². The van der Waals surface area contributed by atoms with E-state index < -0.39 is 0 Å². The Bertz CT molecular complexity index is 426. The predicted octanol–water partition coefficient (Wildman–Crippen LogP) is 1.07. The molecule has 5 heteroatoms. The molecule has 18 heavy (non-hydrogen) atoms. The van der Waals surface area contributed by atoms with Crippen LogP contribution in [0.1, 0.15) is 38.4 Å². The van der Waals surface area contributed by atoms with Gasteiger partial charge in [0, 0.05) is 26.1 Å². The number of hydrogen-bond donors (Lipinski definition) is 1. The van der Waals surface area contributed by atoms with Gasteiger partial charge >= 0.3 is 0 Å². The molecule has 2 heterocycles. The number of likely N-dealkylation sites (tertiary alicyclic amines) is 1. The van der Waals surface area contributed by atoms with Gasteiger partial charge in [-0.3, -0.25) is 4.79 Å². The Morgan fingerprint density at radius 3 is 2.83 bits per heavy atom. The normalized spacial score (nSPS) is 24.9. The van der Waals surface area contributed by atoms with Crippen LogP contribution in [0.3, 0.4) is 0 Å². The second-order valence-corrected chi connectivity index (χ2v) is 5.52. The number of imidazole rings is 1. The van der Waals surface area contributed by atoms with Gasteiger partial charge in [-0.05, 0) is 12.3 Å². The molecule has 0 spiro atoms. The summed E-state index contributed by atoms with van der Waals surface area (Å²) in [6.45, 7) is 4.99. The highest BCUT2D eigenvalue weighted by molar-refractivity contribution is 5.77. The van der Waals surface area contributed by atoms with Crippen molar-refractivity contribution in [2.45, 2.75) is 38.8 Å². The maximum absolute atomic E-state index is 12.1. The van der Waals surface area contributed by atoms with Gasteiger partial charge in [0.2, 0.25) is 5.91 Å². The third-order valence-electron chi connectivity index (χ3n) is 3.47. The Labute approximate surface area is 108 Å². The fourth-order valence-electron chi connectivity index (χ4n) is 2.62. The molecule has 5 nitrogen and oxygen atoms in total. The lowest BCUT2D eigenvalue weighted by Gasteiger charge is -2.40. The zero-order valence-corrected chi connectivity index (χ0v) is 11.3. The number of carbonyl (C=O) groups excluding carboxylic acids is 1. The summed E-state index contributed by atoms with van der Waals surface area (Å²) < 4.78 is 1.95. The van der Waals surface area contributed by atoms with Crippen molar-refractivity contribution in [1.82, 2.24) is 14.5 Å². The summed E-state index contributed by atoms with van der Waals surface area (Å²) in [5.41, 5.74) is 7.26. The highest BCUT2D eigenvalue weighted by Crippen LogP contribution is 2.31. The van der Waals surface area contributed by atoms with E-state index in [4.69, 9.17) is 5.73 Å². The van der Waals surface area contributed by atoms with Crippen molar-refractivity contribution in [3.63, 3.8) is 0 Å². The molecule has 2 unspecified atom stereocenters. The van der Waals surface area contributed by atoms with E-state index in [1.807, 2.05) is 22.7 Å². The van der Waals surface area contributed by atoms with Crippen molar-refractivity contribution in [3.8, 4) is 0 Å². The van der Waals surface area contributed by atoms with E-state index in [1.54, 1.807) is 6.33 Å². The number of nitrogens with two attached hydrogens (primary N) is 1. The van der Waals surface area contributed by atoms with E-state index in [2.05, 4.69) is 18.8 Å². The summed E-state index contributed by atoms with van der Waals surface area (Å²) in [6, 6.07) is -0.0435. The van der Waals surface area contributed by atoms with Gasteiger partial charge in [0.05, 0.1) is 24.3 Å².